The number of rotatable bonds is 14. The lowest BCUT2D eigenvalue weighted by molar-refractivity contribution is -0.119. The summed E-state index contributed by atoms with van der Waals surface area (Å²) in [6.07, 6.45) is 1.41. The largest absolute Gasteiger partial charge is 0.495 e. The van der Waals surface area contributed by atoms with Crippen LogP contribution in [0.3, 0.4) is 0 Å². The van der Waals surface area contributed by atoms with Crippen LogP contribution >= 0.6 is 0 Å². The maximum absolute atomic E-state index is 13.5. The maximum Gasteiger partial charge on any atom is 0.264 e. The molecule has 0 bridgehead atoms. The van der Waals surface area contributed by atoms with Crippen LogP contribution in [-0.4, -0.2) is 53.3 Å². The summed E-state index contributed by atoms with van der Waals surface area (Å²) in [4.78, 5) is 25.1. The van der Waals surface area contributed by atoms with Crippen LogP contribution < -0.4 is 29.3 Å². The fourth-order valence-electron chi connectivity index (χ4n) is 3.99. The zero-order valence-corrected chi connectivity index (χ0v) is 25.0. The topological polar surface area (TPSA) is 136 Å². The third kappa shape index (κ3) is 8.58. The quantitative estimate of drug-likeness (QED) is 0.158. The van der Waals surface area contributed by atoms with Gasteiger partial charge < -0.3 is 19.5 Å². The van der Waals surface area contributed by atoms with Crippen LogP contribution in [0, 0.1) is 0 Å². The van der Waals surface area contributed by atoms with Crippen molar-refractivity contribution in [2.75, 3.05) is 36.5 Å². The lowest BCUT2D eigenvalue weighted by Crippen LogP contribution is -2.39. The summed E-state index contributed by atoms with van der Waals surface area (Å²) in [6.45, 7) is 1.58. The van der Waals surface area contributed by atoms with Crippen molar-refractivity contribution in [3.8, 4) is 17.2 Å². The van der Waals surface area contributed by atoms with Gasteiger partial charge in [0, 0.05) is 0 Å². The number of carbonyl (C=O) groups is 2. The van der Waals surface area contributed by atoms with Gasteiger partial charge in [0.25, 0.3) is 21.8 Å². The standard InChI is InChI=1S/C32H32N4O7S/c1-3-42-26-17-19-28(20-18-26)44(39,40)36(25-9-5-4-6-10-25)22-31(37)35-33-21-24-13-15-27(16-14-24)43-23-32(38)34-29-11-7-8-12-30(29)41-2/h4-21H,3,22-23H2,1-2H3,(H,34,38)(H,35,37)/b33-21+. The van der Waals surface area contributed by atoms with E-state index >= 15 is 0 Å². The Morgan fingerprint density at radius 3 is 2.14 bits per heavy atom. The first-order valence-corrected chi connectivity index (χ1v) is 15.0. The van der Waals surface area contributed by atoms with Gasteiger partial charge in [-0.25, -0.2) is 13.8 Å². The van der Waals surface area contributed by atoms with Crippen molar-refractivity contribution < 1.29 is 32.2 Å². The van der Waals surface area contributed by atoms with E-state index < -0.39 is 22.5 Å². The summed E-state index contributed by atoms with van der Waals surface area (Å²) >= 11 is 0. The zero-order chi connectivity index (χ0) is 31.4. The molecule has 11 nitrogen and oxygen atoms in total. The van der Waals surface area contributed by atoms with Gasteiger partial charge in [0.1, 0.15) is 23.8 Å². The Balaban J connectivity index is 1.34. The number of nitrogens with one attached hydrogen (secondary N) is 2. The van der Waals surface area contributed by atoms with Gasteiger partial charge in [0.2, 0.25) is 0 Å². The summed E-state index contributed by atoms with van der Waals surface area (Å²) in [5, 5.41) is 6.70. The first kappa shape index (κ1) is 31.6. The second-order valence-electron chi connectivity index (χ2n) is 9.15. The Morgan fingerprint density at radius 2 is 1.45 bits per heavy atom. The van der Waals surface area contributed by atoms with Crippen LogP contribution in [-0.2, 0) is 19.6 Å². The predicted molar refractivity (Wildman–Crippen MR) is 168 cm³/mol. The van der Waals surface area contributed by atoms with Crippen LogP contribution in [0.2, 0.25) is 0 Å². The van der Waals surface area contributed by atoms with E-state index in [1.807, 2.05) is 6.92 Å². The molecule has 0 aliphatic heterocycles. The molecule has 4 rings (SSSR count). The highest BCUT2D eigenvalue weighted by Gasteiger charge is 2.27. The Bertz CT molecular complexity index is 1680. The number of methoxy groups -OCH3 is 1. The molecule has 2 amide bonds. The number of carbonyl (C=O) groups excluding carboxylic acids is 2. The number of benzene rings is 4. The fraction of sp³-hybridized carbons (Fsp3) is 0.156. The molecule has 228 valence electrons. The molecule has 0 spiro atoms. The highest BCUT2D eigenvalue weighted by molar-refractivity contribution is 7.92. The molecule has 0 atom stereocenters. The lowest BCUT2D eigenvalue weighted by atomic mass is 10.2. The van der Waals surface area contributed by atoms with Gasteiger partial charge in [0.05, 0.1) is 36.2 Å². The van der Waals surface area contributed by atoms with Gasteiger partial charge >= 0.3 is 0 Å². The van der Waals surface area contributed by atoms with E-state index in [0.717, 1.165) is 4.31 Å². The number of anilines is 2. The molecule has 12 heteroatoms. The highest BCUT2D eigenvalue weighted by atomic mass is 32.2. The van der Waals surface area contributed by atoms with Crippen molar-refractivity contribution >= 4 is 39.4 Å². The van der Waals surface area contributed by atoms with Crippen molar-refractivity contribution in [3.05, 3.63) is 109 Å². The van der Waals surface area contributed by atoms with Gasteiger partial charge in [0.15, 0.2) is 6.61 Å². The van der Waals surface area contributed by atoms with Gasteiger partial charge in [-0.2, -0.15) is 5.10 Å². The van der Waals surface area contributed by atoms with Crippen molar-refractivity contribution in [1.29, 1.82) is 0 Å². The van der Waals surface area contributed by atoms with E-state index in [-0.39, 0.29) is 17.4 Å². The molecule has 0 aliphatic rings. The minimum atomic E-state index is -4.08. The molecule has 0 fully saturated rings. The molecular formula is C32H32N4O7S. The van der Waals surface area contributed by atoms with Crippen LogP contribution in [0.1, 0.15) is 12.5 Å². The van der Waals surface area contributed by atoms with Crippen LogP contribution in [0.25, 0.3) is 0 Å². The van der Waals surface area contributed by atoms with E-state index in [1.165, 1.54) is 25.5 Å². The number of hydrazone groups is 1. The molecule has 0 saturated carbocycles. The van der Waals surface area contributed by atoms with E-state index in [2.05, 4.69) is 15.8 Å². The first-order chi connectivity index (χ1) is 21.3. The predicted octanol–water partition coefficient (Wildman–Crippen LogP) is 4.46. The molecule has 0 heterocycles. The third-order valence-corrected chi connectivity index (χ3v) is 7.88. The Morgan fingerprint density at radius 1 is 0.818 bits per heavy atom. The molecule has 0 aliphatic carbocycles. The molecule has 0 saturated heterocycles. The number of hydrogen-bond acceptors (Lipinski definition) is 8. The zero-order valence-electron chi connectivity index (χ0n) is 24.2. The van der Waals surface area contributed by atoms with Gasteiger partial charge in [-0.1, -0.05) is 30.3 Å². The average molecular weight is 617 g/mol. The fourth-order valence-corrected chi connectivity index (χ4v) is 5.41. The summed E-state index contributed by atoms with van der Waals surface area (Å²) in [6, 6.07) is 28.1. The highest BCUT2D eigenvalue weighted by Crippen LogP contribution is 2.25. The van der Waals surface area contributed by atoms with Crippen LogP contribution in [0.4, 0.5) is 11.4 Å². The van der Waals surface area contributed by atoms with Crippen molar-refractivity contribution in [2.45, 2.75) is 11.8 Å². The molecule has 0 unspecified atom stereocenters. The average Bonchev–Trinajstić information content (AvgIpc) is 3.04. The third-order valence-electron chi connectivity index (χ3n) is 6.09. The van der Waals surface area contributed by atoms with Crippen molar-refractivity contribution in [3.63, 3.8) is 0 Å². The molecule has 0 aromatic heterocycles. The van der Waals surface area contributed by atoms with E-state index in [1.54, 1.807) is 91.0 Å². The monoisotopic (exact) mass is 616 g/mol. The Hall–Kier alpha value is -5.36. The maximum atomic E-state index is 13.5. The second kappa shape index (κ2) is 15.2. The van der Waals surface area contributed by atoms with Crippen LogP contribution in [0.5, 0.6) is 17.2 Å². The minimum Gasteiger partial charge on any atom is -0.495 e. The summed E-state index contributed by atoms with van der Waals surface area (Å²) in [5.41, 5.74) is 3.88. The molecule has 2 N–H and O–H groups in total. The summed E-state index contributed by atoms with van der Waals surface area (Å²) < 4.78 is 44.2. The number of nitrogens with zero attached hydrogens (tertiary/aromatic N) is 2. The lowest BCUT2D eigenvalue weighted by Gasteiger charge is -2.23. The Kier molecular flexibility index (Phi) is 10.9. The van der Waals surface area contributed by atoms with Crippen molar-refractivity contribution in [2.24, 2.45) is 5.10 Å². The second-order valence-corrected chi connectivity index (χ2v) is 11.0. The molecular weight excluding hydrogens is 584 g/mol. The SMILES string of the molecule is CCOc1ccc(S(=O)(=O)N(CC(=O)N/N=C/c2ccc(OCC(=O)Nc3ccccc3OC)cc2)c2ccccc2)cc1. The van der Waals surface area contributed by atoms with E-state index in [0.29, 0.717) is 40.8 Å². The summed E-state index contributed by atoms with van der Waals surface area (Å²) in [5.74, 6) is 0.550. The number of para-hydroxylation sites is 3. The number of ether oxygens (including phenoxy) is 3. The van der Waals surface area contributed by atoms with Gasteiger partial charge in [-0.15, -0.1) is 0 Å². The molecule has 4 aromatic rings. The normalized spacial score (nSPS) is 11.0. The van der Waals surface area contributed by atoms with Crippen LogP contribution in [0.15, 0.2) is 113 Å². The van der Waals surface area contributed by atoms with Crippen molar-refractivity contribution in [1.82, 2.24) is 5.43 Å². The van der Waals surface area contributed by atoms with Gasteiger partial charge in [-0.3, -0.25) is 13.9 Å². The first-order valence-electron chi connectivity index (χ1n) is 13.6. The van der Waals surface area contributed by atoms with E-state index in [4.69, 9.17) is 14.2 Å². The molecule has 4 aromatic carbocycles. The number of sulfonamides is 1. The van der Waals surface area contributed by atoms with E-state index in [9.17, 15) is 18.0 Å². The Labute approximate surface area is 256 Å². The number of hydrogen-bond donors (Lipinski definition) is 2. The minimum absolute atomic E-state index is 0.0145. The van der Waals surface area contributed by atoms with Gasteiger partial charge in [-0.05, 0) is 85.3 Å². The molecule has 44 heavy (non-hydrogen) atoms. The number of amides is 2. The summed E-state index contributed by atoms with van der Waals surface area (Å²) in [7, 11) is -2.56. The smallest absolute Gasteiger partial charge is 0.264 e. The molecule has 0 radical (unpaired) electrons.